The largest absolute Gasteiger partial charge is 0.507 e. The van der Waals surface area contributed by atoms with Gasteiger partial charge in [-0.25, -0.2) is 0 Å². The third-order valence-corrected chi connectivity index (χ3v) is 5.99. The Balaban J connectivity index is 2.08. The first-order chi connectivity index (χ1) is 12.1. The summed E-state index contributed by atoms with van der Waals surface area (Å²) in [6.45, 7) is 1.83. The molecule has 0 unspecified atom stereocenters. The van der Waals surface area contributed by atoms with Gasteiger partial charge in [0.1, 0.15) is 5.75 Å². The van der Waals surface area contributed by atoms with Gasteiger partial charge in [-0.1, -0.05) is 65.1 Å². The van der Waals surface area contributed by atoms with Crippen molar-refractivity contribution >= 4 is 51.3 Å². The molecule has 0 atom stereocenters. The van der Waals surface area contributed by atoms with E-state index in [1.807, 2.05) is 36.4 Å². The fraction of sp³-hybridized carbons (Fsp3) is 0.200. The maximum atomic E-state index is 10.6. The van der Waals surface area contributed by atoms with Crippen molar-refractivity contribution in [3.05, 3.63) is 57.5 Å². The molecule has 1 saturated heterocycles. The van der Waals surface area contributed by atoms with Crippen molar-refractivity contribution in [2.75, 3.05) is 18.0 Å². The predicted molar refractivity (Wildman–Crippen MR) is 108 cm³/mol. The third-order valence-electron chi connectivity index (χ3n) is 4.74. The molecule has 1 aliphatic rings. The minimum atomic E-state index is 0.202. The van der Waals surface area contributed by atoms with Gasteiger partial charge >= 0.3 is 0 Å². The van der Waals surface area contributed by atoms with Crippen molar-refractivity contribution < 1.29 is 5.11 Å². The summed E-state index contributed by atoms with van der Waals surface area (Å²) in [4.78, 5) is 2.22. The van der Waals surface area contributed by atoms with Crippen LogP contribution in [0.1, 0.15) is 12.8 Å². The Labute approximate surface area is 161 Å². The fourth-order valence-electron chi connectivity index (χ4n) is 3.57. The van der Waals surface area contributed by atoms with Crippen LogP contribution >= 0.6 is 34.8 Å². The Bertz CT molecular complexity index is 965. The van der Waals surface area contributed by atoms with E-state index in [9.17, 15) is 5.11 Å². The van der Waals surface area contributed by atoms with E-state index in [0.29, 0.717) is 15.1 Å². The van der Waals surface area contributed by atoms with Crippen LogP contribution in [0.4, 0.5) is 5.69 Å². The smallest absolute Gasteiger partial charge is 0.124 e. The summed E-state index contributed by atoms with van der Waals surface area (Å²) >= 11 is 19.3. The van der Waals surface area contributed by atoms with E-state index in [2.05, 4.69) is 4.90 Å². The fourth-order valence-corrected chi connectivity index (χ4v) is 4.29. The third kappa shape index (κ3) is 2.83. The van der Waals surface area contributed by atoms with Crippen LogP contribution in [0.2, 0.25) is 15.1 Å². The standard InChI is InChI=1S/C20H16Cl3NO/c21-15-11-14(20(19(23)18(15)22)24-9-3-4-10-24)17-13-6-2-1-5-12(13)7-8-16(17)25/h1-2,5-8,11,25H,3-4,9-10H2. The number of aromatic hydroxyl groups is 1. The molecule has 128 valence electrons. The summed E-state index contributed by atoms with van der Waals surface area (Å²) < 4.78 is 0. The first-order valence-electron chi connectivity index (χ1n) is 8.21. The van der Waals surface area contributed by atoms with Gasteiger partial charge in [0.05, 0.1) is 20.8 Å². The van der Waals surface area contributed by atoms with Crippen LogP contribution in [0.25, 0.3) is 21.9 Å². The monoisotopic (exact) mass is 391 g/mol. The lowest BCUT2D eigenvalue weighted by molar-refractivity contribution is 0.478. The van der Waals surface area contributed by atoms with Crippen LogP contribution < -0.4 is 4.90 Å². The molecule has 2 nitrogen and oxygen atoms in total. The first-order valence-corrected chi connectivity index (χ1v) is 9.35. The molecule has 1 N–H and O–H groups in total. The zero-order valence-electron chi connectivity index (χ0n) is 13.4. The quantitative estimate of drug-likeness (QED) is 0.486. The van der Waals surface area contributed by atoms with E-state index in [-0.39, 0.29) is 5.75 Å². The topological polar surface area (TPSA) is 23.5 Å². The second-order valence-corrected chi connectivity index (χ2v) is 7.42. The highest BCUT2D eigenvalue weighted by Crippen LogP contribution is 2.49. The highest BCUT2D eigenvalue weighted by molar-refractivity contribution is 6.49. The lowest BCUT2D eigenvalue weighted by Gasteiger charge is -2.25. The molecule has 1 heterocycles. The van der Waals surface area contributed by atoms with Crippen LogP contribution in [0.5, 0.6) is 5.75 Å². The predicted octanol–water partition coefficient (Wildman–Crippen LogP) is 6.77. The average molecular weight is 393 g/mol. The van der Waals surface area contributed by atoms with Gasteiger partial charge in [0.25, 0.3) is 0 Å². The Morgan fingerprint density at radius 1 is 0.880 bits per heavy atom. The molecule has 5 heteroatoms. The van der Waals surface area contributed by atoms with Crippen LogP contribution in [0, 0.1) is 0 Å². The van der Waals surface area contributed by atoms with E-state index < -0.39 is 0 Å². The summed E-state index contributed by atoms with van der Waals surface area (Å²) in [5.74, 6) is 0.202. The van der Waals surface area contributed by atoms with Crippen molar-refractivity contribution in [3.63, 3.8) is 0 Å². The van der Waals surface area contributed by atoms with Gasteiger partial charge in [-0.15, -0.1) is 0 Å². The molecular formula is C20H16Cl3NO. The van der Waals surface area contributed by atoms with Crippen LogP contribution in [0.15, 0.2) is 42.5 Å². The van der Waals surface area contributed by atoms with E-state index in [1.165, 1.54) is 0 Å². The number of halogens is 3. The highest BCUT2D eigenvalue weighted by Gasteiger charge is 2.25. The molecule has 4 rings (SSSR count). The molecule has 1 aliphatic heterocycles. The molecule has 0 spiro atoms. The molecule has 3 aromatic rings. The molecule has 3 aromatic carbocycles. The summed E-state index contributed by atoms with van der Waals surface area (Å²) in [6, 6.07) is 13.4. The zero-order chi connectivity index (χ0) is 17.6. The van der Waals surface area contributed by atoms with Gasteiger partial charge in [-0.3, -0.25) is 0 Å². The van der Waals surface area contributed by atoms with Gasteiger partial charge in [0, 0.05) is 24.2 Å². The van der Waals surface area contributed by atoms with Crippen LogP contribution in [-0.4, -0.2) is 18.2 Å². The molecule has 0 radical (unpaired) electrons. The second kappa shape index (κ2) is 6.60. The van der Waals surface area contributed by atoms with Crippen molar-refractivity contribution in [2.24, 2.45) is 0 Å². The second-order valence-electron chi connectivity index (χ2n) is 6.26. The maximum absolute atomic E-state index is 10.6. The van der Waals surface area contributed by atoms with Gasteiger partial charge in [-0.2, -0.15) is 0 Å². The summed E-state index contributed by atoms with van der Waals surface area (Å²) in [5.41, 5.74) is 2.40. The first kappa shape index (κ1) is 16.8. The Morgan fingerprint density at radius 2 is 1.60 bits per heavy atom. The highest BCUT2D eigenvalue weighted by atomic mass is 35.5. The number of rotatable bonds is 2. The Morgan fingerprint density at radius 3 is 2.36 bits per heavy atom. The lowest BCUT2D eigenvalue weighted by Crippen LogP contribution is -2.19. The van der Waals surface area contributed by atoms with E-state index in [4.69, 9.17) is 34.8 Å². The number of fused-ring (bicyclic) bond motifs is 1. The van der Waals surface area contributed by atoms with Crippen LogP contribution in [-0.2, 0) is 0 Å². The molecule has 0 bridgehead atoms. The number of phenols is 1. The maximum Gasteiger partial charge on any atom is 0.124 e. The molecule has 0 aromatic heterocycles. The number of hydrogen-bond acceptors (Lipinski definition) is 2. The summed E-state index contributed by atoms with van der Waals surface area (Å²) in [6.07, 6.45) is 2.22. The SMILES string of the molecule is Oc1ccc2ccccc2c1-c1cc(Cl)c(Cl)c(Cl)c1N1CCCC1. The minimum absolute atomic E-state index is 0.202. The van der Waals surface area contributed by atoms with Gasteiger partial charge in [0.2, 0.25) is 0 Å². The van der Waals surface area contributed by atoms with E-state index in [1.54, 1.807) is 6.07 Å². The molecule has 0 saturated carbocycles. The molecule has 0 amide bonds. The number of benzene rings is 3. The van der Waals surface area contributed by atoms with Crippen molar-refractivity contribution in [2.45, 2.75) is 12.8 Å². The zero-order valence-corrected chi connectivity index (χ0v) is 15.7. The number of hydrogen-bond donors (Lipinski definition) is 1. The van der Waals surface area contributed by atoms with Crippen LogP contribution in [0.3, 0.4) is 0 Å². The van der Waals surface area contributed by atoms with E-state index in [0.717, 1.165) is 53.5 Å². The Hall–Kier alpha value is -1.61. The number of nitrogens with zero attached hydrogens (tertiary/aromatic N) is 1. The average Bonchev–Trinajstić information content (AvgIpc) is 3.13. The Kier molecular flexibility index (Phi) is 4.45. The molecule has 0 aliphatic carbocycles. The minimum Gasteiger partial charge on any atom is -0.507 e. The summed E-state index contributed by atoms with van der Waals surface area (Å²) in [5, 5.41) is 13.8. The van der Waals surface area contributed by atoms with Gasteiger partial charge in [0.15, 0.2) is 0 Å². The normalized spacial score (nSPS) is 14.4. The lowest BCUT2D eigenvalue weighted by atomic mass is 9.95. The van der Waals surface area contributed by atoms with Crippen molar-refractivity contribution in [3.8, 4) is 16.9 Å². The van der Waals surface area contributed by atoms with Crippen molar-refractivity contribution in [1.82, 2.24) is 0 Å². The number of anilines is 1. The number of phenolic OH excluding ortho intramolecular Hbond substituents is 1. The van der Waals surface area contributed by atoms with E-state index >= 15 is 0 Å². The van der Waals surface area contributed by atoms with Crippen molar-refractivity contribution in [1.29, 1.82) is 0 Å². The molecular weight excluding hydrogens is 377 g/mol. The van der Waals surface area contributed by atoms with Gasteiger partial charge < -0.3 is 10.0 Å². The molecule has 1 fully saturated rings. The van der Waals surface area contributed by atoms with Gasteiger partial charge in [-0.05, 0) is 35.7 Å². The molecule has 25 heavy (non-hydrogen) atoms. The summed E-state index contributed by atoms with van der Waals surface area (Å²) in [7, 11) is 0.